The molecular weight excluding hydrogens is 422 g/mol. The van der Waals surface area contributed by atoms with E-state index >= 15 is 0 Å². The number of amides is 1. The van der Waals surface area contributed by atoms with Crippen LogP contribution in [0.2, 0.25) is 0 Å². The van der Waals surface area contributed by atoms with E-state index in [0.29, 0.717) is 12.1 Å². The summed E-state index contributed by atoms with van der Waals surface area (Å²) in [6.45, 7) is 0.686. The molecule has 0 aliphatic rings. The first-order valence-electron chi connectivity index (χ1n) is 8.73. The Balaban J connectivity index is 1.71. The number of benzene rings is 2. The average Bonchev–Trinajstić information content (AvgIpc) is 3.21. The number of hydrogen-bond acceptors (Lipinski definition) is 4. The summed E-state index contributed by atoms with van der Waals surface area (Å²) in [5, 5.41) is 2.93. The lowest BCUT2D eigenvalue weighted by Crippen LogP contribution is -2.30. The highest BCUT2D eigenvalue weighted by Gasteiger charge is 2.19. The first kappa shape index (κ1) is 19.8. The molecule has 144 valence electrons. The molecule has 1 N–H and O–H groups in total. The third-order valence-electron chi connectivity index (χ3n) is 4.32. The zero-order chi connectivity index (χ0) is 19.9. The molecule has 3 aromatic rings. The molecule has 0 fully saturated rings. The molecule has 1 unspecified atom stereocenters. The summed E-state index contributed by atoms with van der Waals surface area (Å²) < 4.78 is 7.65. The van der Waals surface area contributed by atoms with Crippen LogP contribution in [0.1, 0.15) is 33.9 Å². The Kier molecular flexibility index (Phi) is 6.60. The van der Waals surface area contributed by atoms with E-state index in [1.165, 1.54) is 7.11 Å². The molecule has 0 spiro atoms. The van der Waals surface area contributed by atoms with Crippen molar-refractivity contribution in [1.29, 1.82) is 0 Å². The molecule has 1 heterocycles. The van der Waals surface area contributed by atoms with Gasteiger partial charge in [0.2, 0.25) is 0 Å². The number of imidazole rings is 1. The molecule has 1 aromatic heterocycles. The van der Waals surface area contributed by atoms with Gasteiger partial charge in [0.25, 0.3) is 5.91 Å². The Morgan fingerprint density at radius 2 is 1.86 bits per heavy atom. The number of hydrogen-bond donors (Lipinski definition) is 1. The quantitative estimate of drug-likeness (QED) is 0.566. The predicted molar refractivity (Wildman–Crippen MR) is 109 cm³/mol. The predicted octanol–water partition coefficient (Wildman–Crippen LogP) is 3.73. The standard InChI is InChI=1S/C21H20BrN3O3/c1-28-20(26)12-19(16-6-8-18(22)9-7-16)24-21(27)17-4-2-15(3-5-17)13-25-11-10-23-14-25/h2-11,14,19H,12-13H2,1H3,(H,24,27). The number of ether oxygens (including phenoxy) is 1. The van der Waals surface area contributed by atoms with Gasteiger partial charge in [-0.1, -0.05) is 40.2 Å². The number of methoxy groups -OCH3 is 1. The Hall–Kier alpha value is -2.93. The van der Waals surface area contributed by atoms with E-state index in [4.69, 9.17) is 4.74 Å². The largest absolute Gasteiger partial charge is 0.469 e. The molecule has 1 amide bonds. The van der Waals surface area contributed by atoms with Crippen molar-refractivity contribution in [1.82, 2.24) is 14.9 Å². The Morgan fingerprint density at radius 1 is 1.14 bits per heavy atom. The molecule has 6 nitrogen and oxygen atoms in total. The molecule has 0 radical (unpaired) electrons. The fourth-order valence-electron chi connectivity index (χ4n) is 2.79. The topological polar surface area (TPSA) is 73.2 Å². The fraction of sp³-hybridized carbons (Fsp3) is 0.190. The van der Waals surface area contributed by atoms with Crippen molar-refractivity contribution in [3.63, 3.8) is 0 Å². The van der Waals surface area contributed by atoms with Gasteiger partial charge in [-0.3, -0.25) is 9.59 Å². The van der Waals surface area contributed by atoms with E-state index < -0.39 is 6.04 Å². The number of nitrogens with zero attached hydrogens (tertiary/aromatic N) is 2. The van der Waals surface area contributed by atoms with Crippen LogP contribution in [0, 0.1) is 0 Å². The summed E-state index contributed by atoms with van der Waals surface area (Å²) in [4.78, 5) is 28.5. The fourth-order valence-corrected chi connectivity index (χ4v) is 3.06. The van der Waals surface area contributed by atoms with Gasteiger partial charge in [-0.25, -0.2) is 4.98 Å². The average molecular weight is 442 g/mol. The van der Waals surface area contributed by atoms with Crippen LogP contribution in [0.25, 0.3) is 0 Å². The number of rotatable bonds is 7. The zero-order valence-electron chi connectivity index (χ0n) is 15.3. The van der Waals surface area contributed by atoms with Gasteiger partial charge in [-0.2, -0.15) is 0 Å². The van der Waals surface area contributed by atoms with Crippen LogP contribution in [0.4, 0.5) is 0 Å². The third-order valence-corrected chi connectivity index (χ3v) is 4.85. The van der Waals surface area contributed by atoms with Crippen molar-refractivity contribution in [2.24, 2.45) is 0 Å². The Morgan fingerprint density at radius 3 is 2.46 bits per heavy atom. The van der Waals surface area contributed by atoms with E-state index in [2.05, 4.69) is 26.2 Å². The van der Waals surface area contributed by atoms with E-state index in [-0.39, 0.29) is 18.3 Å². The van der Waals surface area contributed by atoms with Crippen molar-refractivity contribution in [3.05, 3.63) is 88.4 Å². The monoisotopic (exact) mass is 441 g/mol. The van der Waals surface area contributed by atoms with Gasteiger partial charge in [0, 0.05) is 29.0 Å². The maximum Gasteiger partial charge on any atom is 0.307 e. The van der Waals surface area contributed by atoms with E-state index in [9.17, 15) is 9.59 Å². The smallest absolute Gasteiger partial charge is 0.307 e. The molecule has 0 bridgehead atoms. The van der Waals surface area contributed by atoms with Crippen LogP contribution < -0.4 is 5.32 Å². The van der Waals surface area contributed by atoms with Crippen molar-refractivity contribution in [2.45, 2.75) is 19.0 Å². The van der Waals surface area contributed by atoms with Gasteiger partial charge < -0.3 is 14.6 Å². The number of aromatic nitrogens is 2. The molecule has 0 saturated carbocycles. The summed E-state index contributed by atoms with van der Waals surface area (Å²) >= 11 is 3.39. The second-order valence-corrected chi connectivity index (χ2v) is 7.21. The first-order valence-corrected chi connectivity index (χ1v) is 9.52. The van der Waals surface area contributed by atoms with Crippen molar-refractivity contribution < 1.29 is 14.3 Å². The summed E-state index contributed by atoms with van der Waals surface area (Å²) in [7, 11) is 1.34. The van der Waals surface area contributed by atoms with E-state index in [1.807, 2.05) is 47.2 Å². The number of carbonyl (C=O) groups excluding carboxylic acids is 2. The number of nitrogens with one attached hydrogen (secondary N) is 1. The highest BCUT2D eigenvalue weighted by Crippen LogP contribution is 2.21. The number of carbonyl (C=O) groups is 2. The summed E-state index contributed by atoms with van der Waals surface area (Å²) in [6, 6.07) is 14.4. The minimum absolute atomic E-state index is 0.0581. The highest BCUT2D eigenvalue weighted by molar-refractivity contribution is 9.10. The third kappa shape index (κ3) is 5.29. The summed E-state index contributed by atoms with van der Waals surface area (Å²) in [5.74, 6) is -0.630. The number of esters is 1. The summed E-state index contributed by atoms with van der Waals surface area (Å²) in [5.41, 5.74) is 2.42. The minimum Gasteiger partial charge on any atom is -0.469 e. The second-order valence-electron chi connectivity index (χ2n) is 6.29. The van der Waals surface area contributed by atoms with Crippen molar-refractivity contribution >= 4 is 27.8 Å². The van der Waals surface area contributed by atoms with Crippen LogP contribution in [0.15, 0.2) is 71.7 Å². The van der Waals surface area contributed by atoms with Crippen LogP contribution in [-0.2, 0) is 16.1 Å². The molecule has 0 saturated heterocycles. The van der Waals surface area contributed by atoms with E-state index in [0.717, 1.165) is 15.6 Å². The van der Waals surface area contributed by atoms with E-state index in [1.54, 1.807) is 24.7 Å². The zero-order valence-corrected chi connectivity index (χ0v) is 16.9. The normalized spacial score (nSPS) is 11.6. The van der Waals surface area contributed by atoms with Gasteiger partial charge >= 0.3 is 5.97 Å². The molecule has 3 rings (SSSR count). The van der Waals surface area contributed by atoms with Gasteiger partial charge in [-0.15, -0.1) is 0 Å². The molecule has 1 atom stereocenters. The van der Waals surface area contributed by atoms with Gasteiger partial charge in [0.15, 0.2) is 0 Å². The lowest BCUT2D eigenvalue weighted by atomic mass is 10.0. The van der Waals surface area contributed by atoms with Gasteiger partial charge in [-0.05, 0) is 35.4 Å². The molecule has 0 aliphatic heterocycles. The molecular formula is C21H20BrN3O3. The summed E-state index contributed by atoms with van der Waals surface area (Å²) in [6.07, 6.45) is 5.42. The van der Waals surface area contributed by atoms with Gasteiger partial charge in [0.1, 0.15) is 0 Å². The molecule has 2 aromatic carbocycles. The lowest BCUT2D eigenvalue weighted by molar-refractivity contribution is -0.141. The first-order chi connectivity index (χ1) is 13.5. The SMILES string of the molecule is COC(=O)CC(NC(=O)c1ccc(Cn2ccnc2)cc1)c1ccc(Br)cc1. The van der Waals surface area contributed by atoms with Crippen LogP contribution in [-0.4, -0.2) is 28.5 Å². The molecule has 28 heavy (non-hydrogen) atoms. The van der Waals surface area contributed by atoms with Crippen LogP contribution in [0.3, 0.4) is 0 Å². The lowest BCUT2D eigenvalue weighted by Gasteiger charge is -2.18. The minimum atomic E-state index is -0.473. The maximum absolute atomic E-state index is 12.7. The molecule has 0 aliphatic carbocycles. The molecule has 7 heteroatoms. The Labute approximate surface area is 171 Å². The van der Waals surface area contributed by atoms with Crippen molar-refractivity contribution in [2.75, 3.05) is 7.11 Å². The Bertz CT molecular complexity index is 923. The second kappa shape index (κ2) is 9.32. The highest BCUT2D eigenvalue weighted by atomic mass is 79.9. The van der Waals surface area contributed by atoms with Crippen molar-refractivity contribution in [3.8, 4) is 0 Å². The van der Waals surface area contributed by atoms with Crippen LogP contribution in [0.5, 0.6) is 0 Å². The number of halogens is 1. The van der Waals surface area contributed by atoms with Gasteiger partial charge in [0.05, 0.1) is 25.9 Å². The van der Waals surface area contributed by atoms with Crippen LogP contribution >= 0.6 is 15.9 Å². The maximum atomic E-state index is 12.7.